The molecule has 31 heavy (non-hydrogen) atoms. The molecule has 0 spiro atoms. The Balaban J connectivity index is 2.16. The van der Waals surface area contributed by atoms with Gasteiger partial charge in [0.05, 0.1) is 16.8 Å². The van der Waals surface area contributed by atoms with Gasteiger partial charge in [0.25, 0.3) is 0 Å². The molecule has 0 saturated heterocycles. The highest BCUT2D eigenvalue weighted by atomic mass is 19.4. The first-order valence-corrected chi connectivity index (χ1v) is 8.81. The minimum absolute atomic E-state index is 0.00925. The van der Waals surface area contributed by atoms with E-state index in [0.29, 0.717) is 0 Å². The Kier molecular flexibility index (Phi) is 6.07. The highest BCUT2D eigenvalue weighted by Crippen LogP contribution is 2.37. The van der Waals surface area contributed by atoms with Crippen molar-refractivity contribution in [3.63, 3.8) is 0 Å². The fraction of sp³-hybridized carbons (Fsp3) is 0.100. The standard InChI is InChI=1S/C20H17F5N6/c1-28-31(16-8-4-7-15(21)17(16)22)19(30-27)13-9-11(10-29-18(13)26)12-5-2-3-6-14(12)20(23,24)25/h2-10,28H,27H2,1H3,(H2,26,29). The fourth-order valence-corrected chi connectivity index (χ4v) is 3.04. The lowest BCUT2D eigenvalue weighted by molar-refractivity contribution is -0.137. The van der Waals surface area contributed by atoms with E-state index in [4.69, 9.17) is 11.6 Å². The van der Waals surface area contributed by atoms with Crippen molar-refractivity contribution in [1.29, 1.82) is 0 Å². The number of rotatable bonds is 4. The Morgan fingerprint density at radius 1 is 1.10 bits per heavy atom. The molecule has 0 aliphatic heterocycles. The molecule has 0 radical (unpaired) electrons. The van der Waals surface area contributed by atoms with E-state index in [-0.39, 0.29) is 34.0 Å². The average molecular weight is 436 g/mol. The summed E-state index contributed by atoms with van der Waals surface area (Å²) >= 11 is 0. The number of hydrogen-bond acceptors (Lipinski definition) is 5. The Labute approximate surface area is 174 Å². The van der Waals surface area contributed by atoms with E-state index in [2.05, 4.69) is 15.5 Å². The number of nitrogen functional groups attached to an aromatic ring is 1. The third kappa shape index (κ3) is 4.26. The Morgan fingerprint density at radius 3 is 2.45 bits per heavy atom. The molecule has 0 saturated carbocycles. The molecule has 162 valence electrons. The first-order chi connectivity index (χ1) is 14.7. The summed E-state index contributed by atoms with van der Waals surface area (Å²) in [5.41, 5.74) is 7.32. The normalized spacial score (nSPS) is 12.1. The maximum atomic E-state index is 14.4. The zero-order valence-corrected chi connectivity index (χ0v) is 16.1. The van der Waals surface area contributed by atoms with E-state index < -0.39 is 23.4 Å². The fourth-order valence-electron chi connectivity index (χ4n) is 3.04. The minimum Gasteiger partial charge on any atom is -0.383 e. The van der Waals surface area contributed by atoms with Gasteiger partial charge in [0.2, 0.25) is 0 Å². The van der Waals surface area contributed by atoms with Gasteiger partial charge in [-0.05, 0) is 29.8 Å². The number of benzene rings is 2. The second-order valence-electron chi connectivity index (χ2n) is 6.28. The lowest BCUT2D eigenvalue weighted by Gasteiger charge is -2.25. The van der Waals surface area contributed by atoms with Crippen LogP contribution in [0.5, 0.6) is 0 Å². The van der Waals surface area contributed by atoms with Crippen LogP contribution in [0.1, 0.15) is 11.1 Å². The predicted octanol–water partition coefficient (Wildman–Crippen LogP) is 3.89. The molecule has 0 bridgehead atoms. The van der Waals surface area contributed by atoms with Crippen LogP contribution >= 0.6 is 0 Å². The van der Waals surface area contributed by atoms with Crippen LogP contribution in [-0.2, 0) is 6.18 Å². The van der Waals surface area contributed by atoms with Crippen LogP contribution in [0.4, 0.5) is 33.5 Å². The van der Waals surface area contributed by atoms with Gasteiger partial charge in [-0.2, -0.15) is 18.3 Å². The Morgan fingerprint density at radius 2 is 1.81 bits per heavy atom. The second kappa shape index (κ2) is 8.56. The summed E-state index contributed by atoms with van der Waals surface area (Å²) in [5.74, 6) is 2.86. The van der Waals surface area contributed by atoms with Crippen LogP contribution in [0.2, 0.25) is 0 Å². The van der Waals surface area contributed by atoms with E-state index in [1.165, 1.54) is 49.6 Å². The van der Waals surface area contributed by atoms with Crippen LogP contribution in [0.3, 0.4) is 0 Å². The molecule has 11 heteroatoms. The number of hydrazine groups is 1. The summed E-state index contributed by atoms with van der Waals surface area (Å²) in [6, 6.07) is 9.67. The van der Waals surface area contributed by atoms with Gasteiger partial charge in [0.15, 0.2) is 17.5 Å². The van der Waals surface area contributed by atoms with Crippen LogP contribution < -0.4 is 22.0 Å². The molecule has 0 atom stereocenters. The van der Waals surface area contributed by atoms with Gasteiger partial charge < -0.3 is 11.6 Å². The summed E-state index contributed by atoms with van der Waals surface area (Å²) in [7, 11) is 1.39. The van der Waals surface area contributed by atoms with Crippen LogP contribution in [0.25, 0.3) is 11.1 Å². The van der Waals surface area contributed by atoms with Crippen molar-refractivity contribution in [2.45, 2.75) is 6.18 Å². The molecule has 6 nitrogen and oxygen atoms in total. The summed E-state index contributed by atoms with van der Waals surface area (Å²) in [5, 5.41) is 4.60. The number of anilines is 2. The molecule has 0 aliphatic carbocycles. The maximum absolute atomic E-state index is 14.4. The highest BCUT2D eigenvalue weighted by molar-refractivity contribution is 6.12. The zero-order valence-electron chi connectivity index (χ0n) is 16.1. The van der Waals surface area contributed by atoms with Gasteiger partial charge >= 0.3 is 6.18 Å². The van der Waals surface area contributed by atoms with E-state index in [9.17, 15) is 22.0 Å². The molecule has 5 N–H and O–H groups in total. The summed E-state index contributed by atoms with van der Waals surface area (Å²) in [6.45, 7) is 0. The zero-order chi connectivity index (χ0) is 22.8. The smallest absolute Gasteiger partial charge is 0.383 e. The van der Waals surface area contributed by atoms with Gasteiger partial charge in [0.1, 0.15) is 5.82 Å². The molecule has 3 aromatic rings. The molecule has 0 aliphatic rings. The van der Waals surface area contributed by atoms with Crippen LogP contribution in [0, 0.1) is 11.6 Å². The van der Waals surface area contributed by atoms with E-state index in [1.807, 2.05) is 0 Å². The predicted molar refractivity (Wildman–Crippen MR) is 108 cm³/mol. The lowest BCUT2D eigenvalue weighted by atomic mass is 9.99. The number of halogens is 5. The van der Waals surface area contributed by atoms with E-state index >= 15 is 0 Å². The summed E-state index contributed by atoms with van der Waals surface area (Å²) in [4.78, 5) is 3.95. The molecule has 0 unspecified atom stereocenters. The topological polar surface area (TPSA) is 92.6 Å². The summed E-state index contributed by atoms with van der Waals surface area (Å²) < 4.78 is 68.4. The van der Waals surface area contributed by atoms with Crippen LogP contribution in [-0.4, -0.2) is 17.9 Å². The second-order valence-corrected chi connectivity index (χ2v) is 6.28. The van der Waals surface area contributed by atoms with Crippen molar-refractivity contribution >= 4 is 17.3 Å². The number of nitrogens with two attached hydrogens (primary N) is 2. The molecule has 0 fully saturated rings. The van der Waals surface area contributed by atoms with Gasteiger partial charge in [0, 0.05) is 18.8 Å². The van der Waals surface area contributed by atoms with E-state index in [1.54, 1.807) is 0 Å². The third-order valence-corrected chi connectivity index (χ3v) is 4.43. The number of aromatic nitrogens is 1. The number of hydrogen-bond donors (Lipinski definition) is 3. The number of nitrogens with zero attached hydrogens (tertiary/aromatic N) is 3. The summed E-state index contributed by atoms with van der Waals surface area (Å²) in [6.07, 6.45) is -3.44. The Bertz CT molecular complexity index is 1130. The molecule has 3 rings (SSSR count). The largest absolute Gasteiger partial charge is 0.417 e. The quantitative estimate of drug-likeness (QED) is 0.190. The number of nitrogens with one attached hydrogen (secondary N) is 1. The SMILES string of the molecule is CNN(C(=NN)c1cc(-c2ccccc2C(F)(F)F)cnc1N)c1cccc(F)c1F. The van der Waals surface area contributed by atoms with Gasteiger partial charge in [-0.25, -0.2) is 19.2 Å². The van der Waals surface area contributed by atoms with Crippen molar-refractivity contribution in [3.05, 3.63) is 77.5 Å². The number of alkyl halides is 3. The van der Waals surface area contributed by atoms with Gasteiger partial charge in [-0.15, -0.1) is 0 Å². The highest BCUT2D eigenvalue weighted by Gasteiger charge is 2.33. The number of pyridine rings is 1. The van der Waals surface area contributed by atoms with Crippen molar-refractivity contribution in [2.75, 3.05) is 17.8 Å². The van der Waals surface area contributed by atoms with E-state index in [0.717, 1.165) is 17.1 Å². The average Bonchev–Trinajstić information content (AvgIpc) is 2.74. The lowest BCUT2D eigenvalue weighted by Crippen LogP contribution is -2.43. The van der Waals surface area contributed by atoms with Crippen LogP contribution in [0.15, 0.2) is 59.8 Å². The van der Waals surface area contributed by atoms with Crippen molar-refractivity contribution in [1.82, 2.24) is 10.4 Å². The third-order valence-electron chi connectivity index (χ3n) is 4.43. The molecule has 1 heterocycles. The van der Waals surface area contributed by atoms with Crippen molar-refractivity contribution in [3.8, 4) is 11.1 Å². The van der Waals surface area contributed by atoms with Crippen molar-refractivity contribution in [2.24, 2.45) is 10.9 Å². The van der Waals surface area contributed by atoms with Gasteiger partial charge in [-0.1, -0.05) is 24.3 Å². The number of amidine groups is 1. The van der Waals surface area contributed by atoms with Crippen molar-refractivity contribution < 1.29 is 22.0 Å². The first-order valence-electron chi connectivity index (χ1n) is 8.81. The number of hydrazone groups is 1. The van der Waals surface area contributed by atoms with Gasteiger partial charge in [-0.3, -0.25) is 5.01 Å². The first kappa shape index (κ1) is 22.0. The molecular formula is C20H17F5N6. The molecule has 0 amide bonds. The molecule has 1 aromatic heterocycles. The molecular weight excluding hydrogens is 419 g/mol. The maximum Gasteiger partial charge on any atom is 0.417 e. The minimum atomic E-state index is -4.61. The molecule has 2 aromatic carbocycles. The monoisotopic (exact) mass is 436 g/mol. The Hall–Kier alpha value is -3.73.